The highest BCUT2D eigenvalue weighted by Gasteiger charge is 2.11. The summed E-state index contributed by atoms with van der Waals surface area (Å²) in [5, 5.41) is 38.3. The van der Waals surface area contributed by atoms with E-state index in [9.17, 15) is 10.2 Å². The van der Waals surface area contributed by atoms with Crippen molar-refractivity contribution in [1.82, 2.24) is 0 Å². The second-order valence-electron chi connectivity index (χ2n) is 9.39. The van der Waals surface area contributed by atoms with E-state index in [1.807, 2.05) is 12.1 Å². The van der Waals surface area contributed by atoms with Crippen LogP contribution in [0.5, 0.6) is 11.5 Å². The topological polar surface area (TPSA) is 80.9 Å². The Hall–Kier alpha value is -1.26. The number of aliphatic hydroxyl groups excluding tert-OH is 2. The Labute approximate surface area is 197 Å². The molecule has 186 valence electrons. The number of benzene rings is 1. The van der Waals surface area contributed by atoms with Gasteiger partial charge in [0.05, 0.1) is 0 Å². The molecule has 0 fully saturated rings. The zero-order chi connectivity index (χ0) is 23.3. The fourth-order valence-corrected chi connectivity index (χ4v) is 4.40. The molecule has 0 aliphatic carbocycles. The van der Waals surface area contributed by atoms with Crippen molar-refractivity contribution < 1.29 is 20.4 Å². The van der Waals surface area contributed by atoms with Crippen LogP contribution in [-0.4, -0.2) is 33.6 Å². The number of unbranched alkanes of at least 4 members (excludes halogenated alkanes) is 16. The molecule has 1 aromatic carbocycles. The average Bonchev–Trinajstić information content (AvgIpc) is 2.80. The normalized spacial score (nSPS) is 11.3. The maximum atomic E-state index is 10.4. The molecule has 4 nitrogen and oxygen atoms in total. The van der Waals surface area contributed by atoms with Crippen LogP contribution in [0.25, 0.3) is 0 Å². The molecule has 0 saturated heterocycles. The van der Waals surface area contributed by atoms with E-state index < -0.39 is 0 Å². The van der Waals surface area contributed by atoms with Gasteiger partial charge in [0.2, 0.25) is 0 Å². The molecular weight excluding hydrogens is 400 g/mol. The molecule has 0 heterocycles. The summed E-state index contributed by atoms with van der Waals surface area (Å²) in [6.45, 7) is 0.633. The summed E-state index contributed by atoms with van der Waals surface area (Å²) in [6, 6.07) is 4.00. The van der Waals surface area contributed by atoms with E-state index >= 15 is 0 Å². The first-order chi connectivity index (χ1) is 15.7. The van der Waals surface area contributed by atoms with Gasteiger partial charge in [-0.2, -0.15) is 0 Å². The van der Waals surface area contributed by atoms with Crippen LogP contribution in [0.3, 0.4) is 0 Å². The molecule has 0 aliphatic heterocycles. The molecule has 0 radical (unpaired) electrons. The van der Waals surface area contributed by atoms with Crippen molar-refractivity contribution in [2.45, 2.75) is 128 Å². The van der Waals surface area contributed by atoms with E-state index in [2.05, 4.69) is 0 Å². The summed E-state index contributed by atoms with van der Waals surface area (Å²) in [5.41, 5.74) is 1.74. The lowest BCUT2D eigenvalue weighted by Crippen LogP contribution is -1.93. The quantitative estimate of drug-likeness (QED) is 0.111. The van der Waals surface area contributed by atoms with Crippen LogP contribution in [0.1, 0.15) is 127 Å². The number of phenolic OH excluding ortho intramolecular Hbond substituents is 2. The van der Waals surface area contributed by atoms with E-state index in [0.29, 0.717) is 13.2 Å². The van der Waals surface area contributed by atoms with Crippen LogP contribution in [0, 0.1) is 0 Å². The molecule has 0 unspecified atom stereocenters. The van der Waals surface area contributed by atoms with Crippen molar-refractivity contribution in [2.24, 2.45) is 0 Å². The molecule has 1 aromatic rings. The van der Waals surface area contributed by atoms with Crippen LogP contribution >= 0.6 is 0 Å². The molecule has 0 aliphatic rings. The summed E-state index contributed by atoms with van der Waals surface area (Å²) in [7, 11) is 0. The lowest BCUT2D eigenvalue weighted by Gasteiger charge is -2.11. The zero-order valence-electron chi connectivity index (χ0n) is 20.5. The van der Waals surface area contributed by atoms with Crippen LogP contribution < -0.4 is 0 Å². The number of hydrogen-bond acceptors (Lipinski definition) is 4. The van der Waals surface area contributed by atoms with Gasteiger partial charge in [-0.1, -0.05) is 102 Å². The lowest BCUT2D eigenvalue weighted by atomic mass is 9.98. The molecule has 32 heavy (non-hydrogen) atoms. The van der Waals surface area contributed by atoms with Crippen LogP contribution in [0.2, 0.25) is 0 Å². The van der Waals surface area contributed by atoms with Gasteiger partial charge >= 0.3 is 0 Å². The Balaban J connectivity index is 2.11. The lowest BCUT2D eigenvalue weighted by molar-refractivity contribution is 0.282. The van der Waals surface area contributed by atoms with Crippen LogP contribution in [0.4, 0.5) is 0 Å². The van der Waals surface area contributed by atoms with Crippen molar-refractivity contribution in [2.75, 3.05) is 13.2 Å². The van der Waals surface area contributed by atoms with Gasteiger partial charge in [0.25, 0.3) is 0 Å². The molecule has 4 N–H and O–H groups in total. The number of phenols is 2. The van der Waals surface area contributed by atoms with Crippen molar-refractivity contribution in [3.8, 4) is 11.5 Å². The monoisotopic (exact) mass is 450 g/mol. The standard InChI is InChI=1S/C28H50O4/c29-23-17-13-9-5-1-3-7-11-15-19-25-21-22-26(28(32)27(25)31)20-16-12-8-4-2-6-10-14-18-24-30/h21-22,29-32H,1-20,23-24H2. The van der Waals surface area contributed by atoms with Gasteiger partial charge in [0.15, 0.2) is 11.5 Å². The molecule has 0 atom stereocenters. The van der Waals surface area contributed by atoms with Gasteiger partial charge < -0.3 is 20.4 Å². The van der Waals surface area contributed by atoms with Crippen molar-refractivity contribution >= 4 is 0 Å². The Bertz CT molecular complexity index is 510. The van der Waals surface area contributed by atoms with E-state index in [1.54, 1.807) is 0 Å². The molecule has 4 heteroatoms. The van der Waals surface area contributed by atoms with Gasteiger partial charge in [-0.3, -0.25) is 0 Å². The number of aromatic hydroxyl groups is 2. The number of rotatable bonds is 22. The largest absolute Gasteiger partial charge is 0.504 e. The summed E-state index contributed by atoms with van der Waals surface area (Å²) in [4.78, 5) is 0. The highest BCUT2D eigenvalue weighted by Crippen LogP contribution is 2.34. The van der Waals surface area contributed by atoms with Gasteiger partial charge in [0.1, 0.15) is 0 Å². The predicted octanol–water partition coefficient (Wildman–Crippen LogP) is 7.19. The third-order valence-corrected chi connectivity index (χ3v) is 6.53. The molecule has 1 rings (SSSR count). The SMILES string of the molecule is OCCCCCCCCCCCc1ccc(CCCCCCCCCCCO)c(O)c1O. The third kappa shape index (κ3) is 14.0. The van der Waals surface area contributed by atoms with Crippen molar-refractivity contribution in [1.29, 1.82) is 0 Å². The second-order valence-corrected chi connectivity index (χ2v) is 9.39. The molecule has 0 saturated carbocycles. The highest BCUT2D eigenvalue weighted by molar-refractivity contribution is 5.50. The van der Waals surface area contributed by atoms with Gasteiger partial charge in [-0.05, 0) is 49.7 Å². The Kier molecular flexibility index (Phi) is 18.3. The van der Waals surface area contributed by atoms with Crippen molar-refractivity contribution in [3.63, 3.8) is 0 Å². The molecule has 0 spiro atoms. The van der Waals surface area contributed by atoms with E-state index in [4.69, 9.17) is 10.2 Å². The second kappa shape index (κ2) is 20.4. The first-order valence-corrected chi connectivity index (χ1v) is 13.4. The molecule has 0 aromatic heterocycles. The zero-order valence-corrected chi connectivity index (χ0v) is 20.5. The first-order valence-electron chi connectivity index (χ1n) is 13.4. The number of hydrogen-bond donors (Lipinski definition) is 4. The smallest absolute Gasteiger partial charge is 0.160 e. The Morgan fingerprint density at radius 2 is 0.625 bits per heavy atom. The average molecular weight is 451 g/mol. The van der Waals surface area contributed by atoms with Crippen LogP contribution in [-0.2, 0) is 12.8 Å². The first kappa shape index (κ1) is 28.8. The van der Waals surface area contributed by atoms with E-state index in [-0.39, 0.29) is 11.5 Å². The van der Waals surface area contributed by atoms with E-state index in [1.165, 1.54) is 77.0 Å². The summed E-state index contributed by atoms with van der Waals surface area (Å²) in [6.07, 6.45) is 22.8. The minimum atomic E-state index is 0.0919. The molecule has 0 amide bonds. The summed E-state index contributed by atoms with van der Waals surface area (Å²) < 4.78 is 0. The summed E-state index contributed by atoms with van der Waals surface area (Å²) in [5.74, 6) is 0.184. The third-order valence-electron chi connectivity index (χ3n) is 6.53. The summed E-state index contributed by atoms with van der Waals surface area (Å²) >= 11 is 0. The maximum Gasteiger partial charge on any atom is 0.160 e. The fourth-order valence-electron chi connectivity index (χ4n) is 4.40. The Morgan fingerprint density at radius 1 is 0.375 bits per heavy atom. The number of aryl methyl sites for hydroxylation is 2. The number of aliphatic hydroxyl groups is 2. The minimum absolute atomic E-state index is 0.0919. The van der Waals surface area contributed by atoms with Crippen molar-refractivity contribution in [3.05, 3.63) is 23.3 Å². The highest BCUT2D eigenvalue weighted by atomic mass is 16.3. The van der Waals surface area contributed by atoms with Crippen LogP contribution in [0.15, 0.2) is 12.1 Å². The maximum absolute atomic E-state index is 10.4. The van der Waals surface area contributed by atoms with E-state index in [0.717, 1.165) is 62.5 Å². The Morgan fingerprint density at radius 3 is 0.906 bits per heavy atom. The van der Waals surface area contributed by atoms with Gasteiger partial charge in [0, 0.05) is 13.2 Å². The minimum Gasteiger partial charge on any atom is -0.504 e. The fraction of sp³-hybridized carbons (Fsp3) is 0.786. The van der Waals surface area contributed by atoms with Gasteiger partial charge in [-0.15, -0.1) is 0 Å². The van der Waals surface area contributed by atoms with Gasteiger partial charge in [-0.25, -0.2) is 0 Å². The predicted molar refractivity (Wildman–Crippen MR) is 134 cm³/mol. The molecule has 0 bridgehead atoms. The molecular formula is C28H50O4.